The Labute approximate surface area is 188 Å². The van der Waals surface area contributed by atoms with Crippen LogP contribution in [0.25, 0.3) is 0 Å². The van der Waals surface area contributed by atoms with E-state index in [4.69, 9.17) is 11.6 Å². The van der Waals surface area contributed by atoms with Gasteiger partial charge in [0.05, 0.1) is 21.2 Å². The van der Waals surface area contributed by atoms with Gasteiger partial charge >= 0.3 is 6.18 Å². The topological polar surface area (TPSA) is 75.3 Å². The second-order valence-electron chi connectivity index (χ2n) is 7.10. The molecule has 3 rings (SSSR count). The number of benzene rings is 3. The predicted molar refractivity (Wildman–Crippen MR) is 118 cm³/mol. The van der Waals surface area contributed by atoms with Crippen molar-refractivity contribution in [1.29, 1.82) is 0 Å². The van der Waals surface area contributed by atoms with E-state index in [2.05, 4.69) is 10.0 Å². The number of rotatable bonds is 5. The van der Waals surface area contributed by atoms with Crippen LogP contribution in [-0.4, -0.2) is 14.3 Å². The molecule has 0 aromatic heterocycles. The SMILES string of the molecule is Cc1ccc(NS(=O)(=O)c2cc(C(=O)Nc3cc(C(F)(F)F)ccc3Cl)ccc2C)cc1. The molecule has 0 radical (unpaired) electrons. The average molecular weight is 483 g/mol. The van der Waals surface area contributed by atoms with Crippen molar-refractivity contribution in [1.82, 2.24) is 0 Å². The maximum atomic E-state index is 13.0. The second kappa shape index (κ2) is 8.84. The fraction of sp³-hybridized carbons (Fsp3) is 0.136. The van der Waals surface area contributed by atoms with Crippen LogP contribution in [0.4, 0.5) is 24.5 Å². The first-order chi connectivity index (χ1) is 14.9. The first kappa shape index (κ1) is 23.6. The highest BCUT2D eigenvalue weighted by Crippen LogP contribution is 2.34. The van der Waals surface area contributed by atoms with E-state index in [1.165, 1.54) is 12.1 Å². The molecule has 1 amide bonds. The molecule has 3 aromatic rings. The van der Waals surface area contributed by atoms with Gasteiger partial charge in [0, 0.05) is 11.3 Å². The van der Waals surface area contributed by atoms with Crippen molar-refractivity contribution in [3.63, 3.8) is 0 Å². The Hall–Kier alpha value is -3.04. The molecule has 168 valence electrons. The summed E-state index contributed by atoms with van der Waals surface area (Å²) in [5, 5.41) is 2.22. The predicted octanol–water partition coefficient (Wildman–Crippen LogP) is 6.03. The molecular formula is C22H18ClF3N2O3S. The van der Waals surface area contributed by atoms with E-state index in [9.17, 15) is 26.4 Å². The zero-order chi connectivity index (χ0) is 23.7. The fourth-order valence-corrected chi connectivity index (χ4v) is 4.35. The maximum absolute atomic E-state index is 13.0. The van der Waals surface area contributed by atoms with Gasteiger partial charge in [0.25, 0.3) is 15.9 Å². The lowest BCUT2D eigenvalue weighted by atomic mass is 10.1. The quantitative estimate of drug-likeness (QED) is 0.466. The number of amides is 1. The molecule has 0 saturated heterocycles. The monoisotopic (exact) mass is 482 g/mol. The van der Waals surface area contributed by atoms with Crippen molar-refractivity contribution in [2.75, 3.05) is 10.0 Å². The normalized spacial score (nSPS) is 11.8. The third-order valence-electron chi connectivity index (χ3n) is 4.59. The van der Waals surface area contributed by atoms with E-state index in [0.29, 0.717) is 17.3 Å². The van der Waals surface area contributed by atoms with Crippen LogP contribution in [0.3, 0.4) is 0 Å². The third kappa shape index (κ3) is 5.41. The van der Waals surface area contributed by atoms with Gasteiger partial charge in [0.15, 0.2) is 0 Å². The number of sulfonamides is 1. The summed E-state index contributed by atoms with van der Waals surface area (Å²) in [4.78, 5) is 12.5. The molecule has 0 saturated carbocycles. The minimum atomic E-state index is -4.61. The van der Waals surface area contributed by atoms with Gasteiger partial charge in [-0.05, 0) is 61.9 Å². The zero-order valence-electron chi connectivity index (χ0n) is 16.9. The molecule has 3 aromatic carbocycles. The van der Waals surface area contributed by atoms with Crippen LogP contribution in [0.1, 0.15) is 27.0 Å². The van der Waals surface area contributed by atoms with Crippen molar-refractivity contribution < 1.29 is 26.4 Å². The number of hydrogen-bond acceptors (Lipinski definition) is 3. The van der Waals surface area contributed by atoms with E-state index < -0.39 is 27.7 Å². The van der Waals surface area contributed by atoms with Gasteiger partial charge < -0.3 is 5.32 Å². The first-order valence-corrected chi connectivity index (χ1v) is 11.1. The van der Waals surface area contributed by atoms with Gasteiger partial charge in [-0.3, -0.25) is 9.52 Å². The summed E-state index contributed by atoms with van der Waals surface area (Å²) in [6, 6.07) is 13.2. The molecular weight excluding hydrogens is 465 g/mol. The second-order valence-corrected chi connectivity index (χ2v) is 9.16. The lowest BCUT2D eigenvalue weighted by Gasteiger charge is -2.14. The Morgan fingerprint density at radius 2 is 1.59 bits per heavy atom. The minimum absolute atomic E-state index is 0.0617. The lowest BCUT2D eigenvalue weighted by molar-refractivity contribution is -0.137. The van der Waals surface area contributed by atoms with E-state index in [1.807, 2.05) is 6.92 Å². The molecule has 0 aliphatic rings. The summed E-state index contributed by atoms with van der Waals surface area (Å²) in [7, 11) is -4.02. The Kier molecular flexibility index (Phi) is 6.52. The molecule has 0 aliphatic heterocycles. The molecule has 0 unspecified atom stereocenters. The summed E-state index contributed by atoms with van der Waals surface area (Å²) >= 11 is 5.92. The molecule has 0 atom stereocenters. The average Bonchev–Trinajstić information content (AvgIpc) is 2.70. The van der Waals surface area contributed by atoms with Crippen molar-refractivity contribution >= 4 is 38.9 Å². The van der Waals surface area contributed by atoms with E-state index in [0.717, 1.165) is 23.8 Å². The molecule has 0 spiro atoms. The molecule has 10 heteroatoms. The number of carbonyl (C=O) groups excluding carboxylic acids is 1. The van der Waals surface area contributed by atoms with Crippen LogP contribution in [0.2, 0.25) is 5.02 Å². The highest BCUT2D eigenvalue weighted by molar-refractivity contribution is 7.92. The molecule has 0 fully saturated rings. The highest BCUT2D eigenvalue weighted by atomic mass is 35.5. The van der Waals surface area contributed by atoms with E-state index in [1.54, 1.807) is 31.2 Å². The first-order valence-electron chi connectivity index (χ1n) is 9.25. The molecule has 0 heterocycles. The molecule has 5 nitrogen and oxygen atoms in total. The van der Waals surface area contributed by atoms with Crippen molar-refractivity contribution in [3.8, 4) is 0 Å². The number of alkyl halides is 3. The highest BCUT2D eigenvalue weighted by Gasteiger charge is 2.31. The van der Waals surface area contributed by atoms with Crippen LogP contribution in [0, 0.1) is 13.8 Å². The smallest absolute Gasteiger partial charge is 0.321 e. The van der Waals surface area contributed by atoms with Crippen LogP contribution < -0.4 is 10.0 Å². The number of anilines is 2. The van der Waals surface area contributed by atoms with Gasteiger partial charge in [0.2, 0.25) is 0 Å². The molecule has 0 bridgehead atoms. The number of halogens is 4. The van der Waals surface area contributed by atoms with Crippen molar-refractivity contribution in [3.05, 3.63) is 87.9 Å². The van der Waals surface area contributed by atoms with Gasteiger partial charge in [-0.2, -0.15) is 13.2 Å². The number of hydrogen-bond donors (Lipinski definition) is 2. The Bertz CT molecular complexity index is 1270. The van der Waals surface area contributed by atoms with E-state index >= 15 is 0 Å². The van der Waals surface area contributed by atoms with Crippen molar-refractivity contribution in [2.45, 2.75) is 24.9 Å². The summed E-state index contributed by atoms with van der Waals surface area (Å²) in [5.74, 6) is -0.807. The standard InChI is InChI=1S/C22H18ClF3N2O3S/c1-13-3-8-17(9-4-13)28-32(30,31)20-11-15(6-5-14(20)2)21(29)27-19-12-16(22(24,25)26)7-10-18(19)23/h3-12,28H,1-2H3,(H,27,29). The maximum Gasteiger partial charge on any atom is 0.416 e. The minimum Gasteiger partial charge on any atom is -0.321 e. The van der Waals surface area contributed by atoms with Gasteiger partial charge in [-0.1, -0.05) is 35.4 Å². The number of aryl methyl sites for hydroxylation is 2. The van der Waals surface area contributed by atoms with E-state index in [-0.39, 0.29) is 21.2 Å². The van der Waals surface area contributed by atoms with Crippen LogP contribution in [0.5, 0.6) is 0 Å². The summed E-state index contributed by atoms with van der Waals surface area (Å²) in [6.45, 7) is 3.43. The van der Waals surface area contributed by atoms with Crippen LogP contribution in [-0.2, 0) is 16.2 Å². The summed E-state index contributed by atoms with van der Waals surface area (Å²) in [5.41, 5.74) is 0.407. The van der Waals surface area contributed by atoms with Gasteiger partial charge in [-0.15, -0.1) is 0 Å². The Morgan fingerprint density at radius 3 is 2.22 bits per heavy atom. The summed E-state index contributed by atoms with van der Waals surface area (Å²) < 4.78 is 67.0. The lowest BCUT2D eigenvalue weighted by Crippen LogP contribution is -2.17. The fourth-order valence-electron chi connectivity index (χ4n) is 2.85. The molecule has 32 heavy (non-hydrogen) atoms. The zero-order valence-corrected chi connectivity index (χ0v) is 18.5. The summed E-state index contributed by atoms with van der Waals surface area (Å²) in [6.07, 6.45) is -4.61. The van der Waals surface area contributed by atoms with Gasteiger partial charge in [0.1, 0.15) is 0 Å². The number of carbonyl (C=O) groups is 1. The molecule has 2 N–H and O–H groups in total. The largest absolute Gasteiger partial charge is 0.416 e. The number of nitrogens with one attached hydrogen (secondary N) is 2. The van der Waals surface area contributed by atoms with Gasteiger partial charge in [-0.25, -0.2) is 8.42 Å². The van der Waals surface area contributed by atoms with Crippen LogP contribution in [0.15, 0.2) is 65.6 Å². The Morgan fingerprint density at radius 1 is 0.938 bits per heavy atom. The molecule has 0 aliphatic carbocycles. The third-order valence-corrected chi connectivity index (χ3v) is 6.44. The Balaban J connectivity index is 1.90. The van der Waals surface area contributed by atoms with Crippen molar-refractivity contribution in [2.24, 2.45) is 0 Å². The van der Waals surface area contributed by atoms with Crippen LogP contribution >= 0.6 is 11.6 Å².